The molecule has 3 aromatic carbocycles. The van der Waals surface area contributed by atoms with Crippen LogP contribution in [0, 0.1) is 5.82 Å². The molecule has 0 radical (unpaired) electrons. The minimum atomic E-state index is -0.480. The van der Waals surface area contributed by atoms with E-state index in [1.807, 2.05) is 23.1 Å². The maximum Gasteiger partial charge on any atom is 0.255 e. The molecule has 0 atom stereocenters. The molecule has 2 amide bonds. The Morgan fingerprint density at radius 3 is 2.35 bits per heavy atom. The Balaban J connectivity index is 1.58. The number of rotatable bonds is 6. The zero-order valence-corrected chi connectivity index (χ0v) is 19.5. The van der Waals surface area contributed by atoms with Gasteiger partial charge >= 0.3 is 0 Å². The number of carbonyl (C=O) groups is 2. The van der Waals surface area contributed by atoms with E-state index in [-0.39, 0.29) is 23.6 Å². The van der Waals surface area contributed by atoms with Gasteiger partial charge in [-0.1, -0.05) is 35.9 Å². The first-order valence-electron chi connectivity index (χ1n) is 11.4. The highest BCUT2D eigenvalue weighted by Crippen LogP contribution is 2.29. The summed E-state index contributed by atoms with van der Waals surface area (Å²) in [5.41, 5.74) is 8.17. The number of carbonyl (C=O) groups excluding carboxylic acids is 2. The highest BCUT2D eigenvalue weighted by atomic mass is 35.5. The van der Waals surface area contributed by atoms with Crippen molar-refractivity contribution in [3.63, 3.8) is 0 Å². The number of nitrogens with two attached hydrogens (primary N) is 1. The van der Waals surface area contributed by atoms with Crippen molar-refractivity contribution < 1.29 is 14.0 Å². The Kier molecular flexibility index (Phi) is 7.60. The van der Waals surface area contributed by atoms with Gasteiger partial charge in [0.15, 0.2) is 0 Å². The van der Waals surface area contributed by atoms with Crippen LogP contribution in [0.3, 0.4) is 0 Å². The normalized spacial score (nSPS) is 17.7. The molecule has 1 aliphatic carbocycles. The summed E-state index contributed by atoms with van der Waals surface area (Å²) in [6.07, 6.45) is 3.38. The Labute approximate surface area is 203 Å². The number of halogens is 2. The van der Waals surface area contributed by atoms with Crippen molar-refractivity contribution in [2.24, 2.45) is 5.73 Å². The van der Waals surface area contributed by atoms with E-state index < -0.39 is 11.7 Å². The van der Waals surface area contributed by atoms with Crippen LogP contribution in [0.4, 0.5) is 10.1 Å². The summed E-state index contributed by atoms with van der Waals surface area (Å²) >= 11 is 6.51. The summed E-state index contributed by atoms with van der Waals surface area (Å²) in [7, 11) is 0. The largest absolute Gasteiger partial charge is 0.331 e. The minimum Gasteiger partial charge on any atom is -0.331 e. The van der Waals surface area contributed by atoms with Crippen molar-refractivity contribution in [3.8, 4) is 0 Å². The van der Waals surface area contributed by atoms with E-state index in [1.54, 1.807) is 36.4 Å². The van der Waals surface area contributed by atoms with Gasteiger partial charge in [0.25, 0.3) is 11.8 Å². The monoisotopic (exact) mass is 479 g/mol. The lowest BCUT2D eigenvalue weighted by Gasteiger charge is -2.36. The number of nitrogens with zero attached hydrogens (tertiary/aromatic N) is 1. The Morgan fingerprint density at radius 2 is 1.65 bits per heavy atom. The third-order valence-electron chi connectivity index (χ3n) is 6.19. The first-order valence-corrected chi connectivity index (χ1v) is 11.8. The van der Waals surface area contributed by atoms with Crippen molar-refractivity contribution in [1.82, 2.24) is 4.90 Å². The van der Waals surface area contributed by atoms with Gasteiger partial charge in [0.05, 0.1) is 0 Å². The van der Waals surface area contributed by atoms with E-state index >= 15 is 0 Å². The highest BCUT2D eigenvalue weighted by Gasteiger charge is 2.29. The minimum absolute atomic E-state index is 0.0501. The Hall–Kier alpha value is -3.22. The molecule has 0 heterocycles. The molecular formula is C27H27ClFN3O2. The molecular weight excluding hydrogens is 453 g/mol. The zero-order chi connectivity index (χ0) is 24.1. The summed E-state index contributed by atoms with van der Waals surface area (Å²) < 4.78 is 13.5. The van der Waals surface area contributed by atoms with Gasteiger partial charge in [-0.3, -0.25) is 9.59 Å². The maximum absolute atomic E-state index is 13.5. The molecule has 4 rings (SSSR count). The average molecular weight is 480 g/mol. The third-order valence-corrected chi connectivity index (χ3v) is 6.56. The molecule has 1 aliphatic rings. The van der Waals surface area contributed by atoms with E-state index in [0.29, 0.717) is 22.8 Å². The third kappa shape index (κ3) is 5.82. The molecule has 0 bridgehead atoms. The molecule has 0 spiro atoms. The SMILES string of the molecule is NC1CCC(N(Cc2cc(NC(=O)c3cccc(F)c3)ccc2Cl)C(=O)c2ccccc2)CC1. The molecule has 1 fully saturated rings. The molecule has 34 heavy (non-hydrogen) atoms. The lowest BCUT2D eigenvalue weighted by molar-refractivity contribution is 0.0606. The summed E-state index contributed by atoms with van der Waals surface area (Å²) in [5, 5.41) is 3.29. The van der Waals surface area contributed by atoms with E-state index in [2.05, 4.69) is 5.32 Å². The van der Waals surface area contributed by atoms with E-state index in [9.17, 15) is 14.0 Å². The quantitative estimate of drug-likeness (QED) is 0.480. The van der Waals surface area contributed by atoms with Crippen LogP contribution in [0.2, 0.25) is 5.02 Å². The Morgan fingerprint density at radius 1 is 0.941 bits per heavy atom. The number of anilines is 1. The van der Waals surface area contributed by atoms with Crippen molar-refractivity contribution in [2.75, 3.05) is 5.32 Å². The smallest absolute Gasteiger partial charge is 0.255 e. The second kappa shape index (κ2) is 10.8. The first-order chi connectivity index (χ1) is 16.4. The standard InChI is InChI=1S/C27H27ClFN3O2/c28-25-14-11-23(31-26(33)19-7-4-8-21(29)15-19)16-20(25)17-32(24-12-9-22(30)10-13-24)27(34)18-5-2-1-3-6-18/h1-8,11,14-16,22,24H,9-10,12-13,17,30H2,(H,31,33). The molecule has 0 unspecified atom stereocenters. The number of hydrogen-bond donors (Lipinski definition) is 2. The average Bonchev–Trinajstić information content (AvgIpc) is 2.85. The fraction of sp³-hybridized carbons (Fsp3) is 0.259. The van der Waals surface area contributed by atoms with E-state index in [4.69, 9.17) is 17.3 Å². The lowest BCUT2D eigenvalue weighted by atomic mass is 9.90. The predicted molar refractivity (Wildman–Crippen MR) is 132 cm³/mol. The van der Waals surface area contributed by atoms with Crippen LogP contribution in [0.1, 0.15) is 52.0 Å². The van der Waals surface area contributed by atoms with Crippen molar-refractivity contribution in [3.05, 3.63) is 100 Å². The van der Waals surface area contributed by atoms with Crippen LogP contribution >= 0.6 is 11.6 Å². The maximum atomic E-state index is 13.5. The van der Waals surface area contributed by atoms with Gasteiger partial charge < -0.3 is 16.0 Å². The molecule has 176 valence electrons. The van der Waals surface area contributed by atoms with Crippen LogP contribution in [0.25, 0.3) is 0 Å². The fourth-order valence-corrected chi connectivity index (χ4v) is 4.49. The number of benzene rings is 3. The van der Waals surface area contributed by atoms with Crippen LogP contribution in [-0.2, 0) is 6.54 Å². The second-order valence-electron chi connectivity index (χ2n) is 8.64. The lowest BCUT2D eigenvalue weighted by Crippen LogP contribution is -2.43. The number of hydrogen-bond acceptors (Lipinski definition) is 3. The summed E-state index contributed by atoms with van der Waals surface area (Å²) in [6, 6.07) is 20.0. The topological polar surface area (TPSA) is 75.4 Å². The first kappa shape index (κ1) is 23.9. The van der Waals surface area contributed by atoms with Gasteiger partial charge in [0.1, 0.15) is 5.82 Å². The van der Waals surface area contributed by atoms with Crippen molar-refractivity contribution in [1.29, 1.82) is 0 Å². The number of amides is 2. The molecule has 0 aliphatic heterocycles. The van der Waals surface area contributed by atoms with Crippen LogP contribution in [0.5, 0.6) is 0 Å². The summed E-state index contributed by atoms with van der Waals surface area (Å²) in [4.78, 5) is 27.9. The van der Waals surface area contributed by atoms with Crippen LogP contribution in [-0.4, -0.2) is 28.8 Å². The highest BCUT2D eigenvalue weighted by molar-refractivity contribution is 6.31. The molecule has 5 nitrogen and oxygen atoms in total. The van der Waals surface area contributed by atoms with Crippen molar-refractivity contribution >= 4 is 29.1 Å². The summed E-state index contributed by atoms with van der Waals surface area (Å²) in [5.74, 6) is -0.968. The van der Waals surface area contributed by atoms with E-state index in [0.717, 1.165) is 31.2 Å². The number of nitrogens with one attached hydrogen (secondary N) is 1. The van der Waals surface area contributed by atoms with Gasteiger partial charge in [0, 0.05) is 40.5 Å². The van der Waals surface area contributed by atoms with E-state index in [1.165, 1.54) is 18.2 Å². The molecule has 3 aromatic rings. The zero-order valence-electron chi connectivity index (χ0n) is 18.7. The van der Waals surface area contributed by atoms with Gasteiger partial charge in [-0.15, -0.1) is 0 Å². The van der Waals surface area contributed by atoms with Crippen LogP contribution in [0.15, 0.2) is 72.8 Å². The van der Waals surface area contributed by atoms with Gasteiger partial charge in [-0.2, -0.15) is 0 Å². The predicted octanol–water partition coefficient (Wildman–Crippen LogP) is 5.64. The van der Waals surface area contributed by atoms with Crippen LogP contribution < -0.4 is 11.1 Å². The van der Waals surface area contributed by atoms with Crippen molar-refractivity contribution in [2.45, 2.75) is 44.3 Å². The summed E-state index contributed by atoms with van der Waals surface area (Å²) in [6.45, 7) is 0.302. The molecule has 0 saturated heterocycles. The van der Waals surface area contributed by atoms with Gasteiger partial charge in [0.2, 0.25) is 0 Å². The second-order valence-corrected chi connectivity index (χ2v) is 9.05. The van der Waals surface area contributed by atoms with Gasteiger partial charge in [-0.05, 0) is 79.8 Å². The fourth-order valence-electron chi connectivity index (χ4n) is 4.32. The Bertz CT molecular complexity index is 1160. The molecule has 3 N–H and O–H groups in total. The molecule has 1 saturated carbocycles. The van der Waals surface area contributed by atoms with Gasteiger partial charge in [-0.25, -0.2) is 4.39 Å². The molecule has 0 aromatic heterocycles. The molecule has 7 heteroatoms.